The van der Waals surface area contributed by atoms with Gasteiger partial charge in [-0.15, -0.1) is 0 Å². The van der Waals surface area contributed by atoms with E-state index in [0.717, 1.165) is 46.8 Å². The van der Waals surface area contributed by atoms with Crippen molar-refractivity contribution in [3.63, 3.8) is 0 Å². The van der Waals surface area contributed by atoms with Crippen LogP contribution in [-0.4, -0.2) is 58.9 Å². The molecule has 11 nitrogen and oxygen atoms in total. The van der Waals surface area contributed by atoms with Crippen LogP contribution in [0.25, 0.3) is 11.2 Å². The maximum Gasteiger partial charge on any atom is 0.410 e. The summed E-state index contributed by atoms with van der Waals surface area (Å²) in [5.74, 6) is 2.46. The Morgan fingerprint density at radius 3 is 2.50 bits per heavy atom. The smallest absolute Gasteiger partial charge is 0.410 e. The van der Waals surface area contributed by atoms with Gasteiger partial charge in [-0.25, -0.2) is 23.8 Å². The van der Waals surface area contributed by atoms with Gasteiger partial charge in [-0.2, -0.15) is 10.2 Å². The minimum Gasteiger partial charge on any atom is -0.457 e. The zero-order chi connectivity index (χ0) is 27.9. The topological polar surface area (TPSA) is 111 Å². The summed E-state index contributed by atoms with van der Waals surface area (Å²) in [4.78, 5) is 23.1. The van der Waals surface area contributed by atoms with Gasteiger partial charge in [-0.3, -0.25) is 0 Å². The molecule has 206 valence electrons. The molecule has 1 amide bonds. The minimum absolute atomic E-state index is 0.250. The number of benzene rings is 1. The summed E-state index contributed by atoms with van der Waals surface area (Å²) in [6.45, 7) is 8.98. The Kier molecular flexibility index (Phi) is 6.49. The maximum absolute atomic E-state index is 12.5. The van der Waals surface area contributed by atoms with Crippen LogP contribution in [0.2, 0.25) is 0 Å². The number of ether oxygens (including phenoxy) is 2. The summed E-state index contributed by atoms with van der Waals surface area (Å²) in [5.41, 5.74) is 4.20. The number of carbonyl (C=O) groups excluding carboxylic acids is 1. The first kappa shape index (κ1) is 25.6. The number of amides is 1. The quantitative estimate of drug-likeness (QED) is 0.301. The first-order chi connectivity index (χ1) is 19.2. The third kappa shape index (κ3) is 5.27. The van der Waals surface area contributed by atoms with Crippen molar-refractivity contribution in [1.82, 2.24) is 34.1 Å². The molecule has 1 N–H and O–H groups in total. The van der Waals surface area contributed by atoms with Crippen LogP contribution in [0.5, 0.6) is 11.5 Å². The van der Waals surface area contributed by atoms with Crippen molar-refractivity contribution in [3.8, 4) is 11.5 Å². The van der Waals surface area contributed by atoms with E-state index in [1.54, 1.807) is 15.7 Å². The molecule has 1 aromatic carbocycles. The second kappa shape index (κ2) is 10.1. The number of likely N-dealkylation sites (tertiary alicyclic amines) is 1. The number of nitrogens with zero attached hydrogens (tertiary/aromatic N) is 7. The predicted molar refractivity (Wildman–Crippen MR) is 150 cm³/mol. The van der Waals surface area contributed by atoms with Gasteiger partial charge in [-0.05, 0) is 87.9 Å². The number of aromatic nitrogens is 6. The number of rotatable bonds is 5. The fourth-order valence-corrected chi connectivity index (χ4v) is 5.06. The lowest BCUT2D eigenvalue weighted by Gasteiger charge is -2.33. The molecule has 1 saturated heterocycles. The van der Waals surface area contributed by atoms with Crippen LogP contribution in [0.3, 0.4) is 0 Å². The molecule has 1 aliphatic heterocycles. The van der Waals surface area contributed by atoms with E-state index in [1.165, 1.54) is 11.9 Å². The third-order valence-electron chi connectivity index (χ3n) is 6.99. The molecule has 11 heteroatoms. The molecule has 0 atom stereocenters. The van der Waals surface area contributed by atoms with Gasteiger partial charge in [0.25, 0.3) is 0 Å². The molecule has 5 heterocycles. The van der Waals surface area contributed by atoms with E-state index >= 15 is 0 Å². The highest BCUT2D eigenvalue weighted by Crippen LogP contribution is 2.35. The van der Waals surface area contributed by atoms with Crippen LogP contribution in [-0.2, 0) is 4.74 Å². The van der Waals surface area contributed by atoms with E-state index in [0.29, 0.717) is 18.8 Å². The monoisotopic (exact) mass is 540 g/mol. The second-order valence-electron chi connectivity index (χ2n) is 11.0. The summed E-state index contributed by atoms with van der Waals surface area (Å²) in [6.07, 6.45) is 8.29. The Morgan fingerprint density at radius 2 is 1.73 bits per heavy atom. The van der Waals surface area contributed by atoms with Gasteiger partial charge in [-0.1, -0.05) is 0 Å². The minimum atomic E-state index is -0.501. The van der Waals surface area contributed by atoms with E-state index in [9.17, 15) is 4.79 Å². The molecule has 4 aromatic heterocycles. The molecule has 1 aliphatic rings. The van der Waals surface area contributed by atoms with Crippen LogP contribution in [0.1, 0.15) is 50.7 Å². The van der Waals surface area contributed by atoms with Crippen LogP contribution in [0.4, 0.5) is 16.3 Å². The highest BCUT2D eigenvalue weighted by Gasteiger charge is 2.29. The number of aryl methyl sites for hydroxylation is 1. The Morgan fingerprint density at radius 1 is 0.975 bits per heavy atom. The number of hydrogen-bond acceptors (Lipinski definition) is 8. The van der Waals surface area contributed by atoms with Crippen LogP contribution in [0, 0.1) is 6.92 Å². The normalized spacial score (nSPS) is 14.6. The predicted octanol–water partition coefficient (Wildman–Crippen LogP) is 5.73. The molecule has 40 heavy (non-hydrogen) atoms. The number of anilines is 2. The van der Waals surface area contributed by atoms with Crippen molar-refractivity contribution < 1.29 is 14.3 Å². The summed E-state index contributed by atoms with van der Waals surface area (Å²) >= 11 is 0. The van der Waals surface area contributed by atoms with Gasteiger partial charge >= 0.3 is 6.09 Å². The molecule has 0 aliphatic carbocycles. The SMILES string of the molecule is Cc1cc(Nc2ncnn3ccc(C4CCN(C(=O)OC(C)(C)C)CC4)c23)ccc1Oc1ccn2ncnc2c1. The standard InChI is InChI=1S/C29H32N8O3/c1-19-15-21(5-6-24(19)39-22-9-13-36-25(16-22)30-17-32-36)34-27-26-23(10-14-37(26)33-18-31-27)20-7-11-35(12-8-20)28(38)40-29(2,3)4/h5-6,9-10,13-18,20H,7-8,11-12H2,1-4H3,(H,31,33,34). The van der Waals surface area contributed by atoms with Crippen molar-refractivity contribution in [2.45, 2.75) is 52.1 Å². The summed E-state index contributed by atoms with van der Waals surface area (Å²) < 4.78 is 15.2. The van der Waals surface area contributed by atoms with Gasteiger partial charge in [0.15, 0.2) is 11.5 Å². The first-order valence-corrected chi connectivity index (χ1v) is 13.4. The van der Waals surface area contributed by atoms with Crippen molar-refractivity contribution >= 4 is 28.8 Å². The lowest BCUT2D eigenvalue weighted by Crippen LogP contribution is -2.41. The molecular weight excluding hydrogens is 508 g/mol. The first-order valence-electron chi connectivity index (χ1n) is 13.4. The van der Waals surface area contributed by atoms with E-state index in [4.69, 9.17) is 9.47 Å². The molecule has 5 aromatic rings. The number of piperidine rings is 1. The molecule has 6 rings (SSSR count). The fourth-order valence-electron chi connectivity index (χ4n) is 5.06. The molecule has 0 unspecified atom stereocenters. The van der Waals surface area contributed by atoms with E-state index < -0.39 is 5.60 Å². The van der Waals surface area contributed by atoms with E-state index in [-0.39, 0.29) is 12.0 Å². The zero-order valence-corrected chi connectivity index (χ0v) is 23.0. The number of carbonyl (C=O) groups is 1. The van der Waals surface area contributed by atoms with Gasteiger partial charge in [0.1, 0.15) is 35.3 Å². The highest BCUT2D eigenvalue weighted by molar-refractivity contribution is 5.77. The summed E-state index contributed by atoms with van der Waals surface area (Å²) in [6, 6.07) is 11.8. The fraction of sp³-hybridized carbons (Fsp3) is 0.345. The number of fused-ring (bicyclic) bond motifs is 2. The van der Waals surface area contributed by atoms with E-state index in [2.05, 4.69) is 31.5 Å². The Balaban J connectivity index is 1.18. The zero-order valence-electron chi connectivity index (χ0n) is 23.0. The van der Waals surface area contributed by atoms with Crippen LogP contribution >= 0.6 is 0 Å². The second-order valence-corrected chi connectivity index (χ2v) is 11.0. The van der Waals surface area contributed by atoms with Gasteiger partial charge in [0.2, 0.25) is 0 Å². The number of hydrogen-bond donors (Lipinski definition) is 1. The van der Waals surface area contributed by atoms with E-state index in [1.807, 2.05) is 74.9 Å². The summed E-state index contributed by atoms with van der Waals surface area (Å²) in [7, 11) is 0. The molecule has 0 spiro atoms. The Bertz CT molecular complexity index is 1680. The number of nitrogens with one attached hydrogen (secondary N) is 1. The van der Waals surface area contributed by atoms with Crippen molar-refractivity contribution in [2.24, 2.45) is 0 Å². The lowest BCUT2D eigenvalue weighted by molar-refractivity contribution is 0.0205. The number of pyridine rings is 1. The van der Waals surface area contributed by atoms with Crippen molar-refractivity contribution in [2.75, 3.05) is 18.4 Å². The third-order valence-corrected chi connectivity index (χ3v) is 6.99. The Hall–Kier alpha value is -4.67. The average molecular weight is 541 g/mol. The van der Waals surface area contributed by atoms with Crippen molar-refractivity contribution in [1.29, 1.82) is 0 Å². The molecular formula is C29H32N8O3. The largest absolute Gasteiger partial charge is 0.457 e. The van der Waals surface area contributed by atoms with Crippen molar-refractivity contribution in [3.05, 3.63) is 72.6 Å². The average Bonchev–Trinajstić information content (AvgIpc) is 3.57. The van der Waals surface area contributed by atoms with Gasteiger partial charge in [0, 0.05) is 37.2 Å². The Labute approximate surface area is 231 Å². The highest BCUT2D eigenvalue weighted by atomic mass is 16.6. The van der Waals surface area contributed by atoms with Crippen LogP contribution < -0.4 is 10.1 Å². The van der Waals surface area contributed by atoms with Gasteiger partial charge < -0.3 is 19.7 Å². The molecule has 1 fully saturated rings. The molecule has 0 radical (unpaired) electrons. The van der Waals surface area contributed by atoms with Crippen LogP contribution in [0.15, 0.2) is 61.4 Å². The summed E-state index contributed by atoms with van der Waals surface area (Å²) in [5, 5.41) is 12.0. The lowest BCUT2D eigenvalue weighted by atomic mass is 9.90. The maximum atomic E-state index is 12.5. The molecule has 0 saturated carbocycles. The van der Waals surface area contributed by atoms with Gasteiger partial charge in [0.05, 0.1) is 0 Å². The molecule has 0 bridgehead atoms.